The lowest BCUT2D eigenvalue weighted by molar-refractivity contribution is 0.610. The lowest BCUT2D eigenvalue weighted by Crippen LogP contribution is -2.51. The standard InChI is InChI=1S/C16H29NO2SSi/c1-13(2)21(14(3)4,15(5)6)17-10-8-16(12-17)9-11-20(7,18)19/h8-15H,1-7H3/b11-9+. The van der Waals surface area contributed by atoms with E-state index in [0.29, 0.717) is 16.6 Å². The molecule has 1 rings (SSSR count). The summed E-state index contributed by atoms with van der Waals surface area (Å²) in [6.45, 7) is 13.9. The van der Waals surface area contributed by atoms with Crippen molar-refractivity contribution < 1.29 is 8.42 Å². The maximum Gasteiger partial charge on any atom is 0.168 e. The summed E-state index contributed by atoms with van der Waals surface area (Å²) in [6, 6.07) is 2.01. The Morgan fingerprint density at radius 1 is 1.05 bits per heavy atom. The van der Waals surface area contributed by atoms with Crippen molar-refractivity contribution in [1.82, 2.24) is 4.23 Å². The Bertz CT molecular complexity index is 576. The van der Waals surface area contributed by atoms with Gasteiger partial charge in [0.25, 0.3) is 0 Å². The molecule has 0 aliphatic carbocycles. The summed E-state index contributed by atoms with van der Waals surface area (Å²) < 4.78 is 24.9. The normalized spacial score (nSPS) is 14.0. The topological polar surface area (TPSA) is 39.1 Å². The SMILES string of the molecule is CC(C)[Si](C(C)C)(C(C)C)n1ccc(/C=C/S(C)(=O)=O)c1. The summed E-state index contributed by atoms with van der Waals surface area (Å²) in [4.78, 5) is 0. The second-order valence-electron chi connectivity index (χ2n) is 6.84. The Kier molecular flexibility index (Phi) is 5.67. The third-order valence-electron chi connectivity index (χ3n) is 4.45. The van der Waals surface area contributed by atoms with E-state index in [4.69, 9.17) is 0 Å². The summed E-state index contributed by atoms with van der Waals surface area (Å²) >= 11 is 0. The van der Waals surface area contributed by atoms with Gasteiger partial charge in [0.05, 0.1) is 0 Å². The Hall–Kier alpha value is -0.813. The maximum absolute atomic E-state index is 11.2. The molecule has 1 aromatic heterocycles. The van der Waals surface area contributed by atoms with Crippen LogP contribution in [0.4, 0.5) is 0 Å². The first-order valence-electron chi connectivity index (χ1n) is 7.58. The smallest absolute Gasteiger partial charge is 0.168 e. The van der Waals surface area contributed by atoms with Gasteiger partial charge in [0.15, 0.2) is 18.1 Å². The number of rotatable bonds is 6. The van der Waals surface area contributed by atoms with Crippen molar-refractivity contribution in [3.05, 3.63) is 29.4 Å². The monoisotopic (exact) mass is 327 g/mol. The van der Waals surface area contributed by atoms with Crippen LogP contribution < -0.4 is 0 Å². The van der Waals surface area contributed by atoms with Crippen molar-refractivity contribution in [2.45, 2.75) is 58.2 Å². The third-order valence-corrected chi connectivity index (χ3v) is 11.8. The summed E-state index contributed by atoms with van der Waals surface area (Å²) in [5.41, 5.74) is 2.82. The molecule has 120 valence electrons. The average molecular weight is 328 g/mol. The summed E-state index contributed by atoms with van der Waals surface area (Å²) in [6.07, 6.45) is 7.16. The van der Waals surface area contributed by atoms with Crippen LogP contribution in [0.15, 0.2) is 23.9 Å². The van der Waals surface area contributed by atoms with Gasteiger partial charge in [-0.2, -0.15) is 0 Å². The zero-order valence-electron chi connectivity index (χ0n) is 14.3. The van der Waals surface area contributed by atoms with Crippen LogP contribution in [0.25, 0.3) is 6.08 Å². The molecule has 21 heavy (non-hydrogen) atoms. The Morgan fingerprint density at radius 2 is 1.52 bits per heavy atom. The number of hydrogen-bond acceptors (Lipinski definition) is 2. The number of nitrogens with zero attached hydrogens (tertiary/aromatic N) is 1. The van der Waals surface area contributed by atoms with Gasteiger partial charge in [0.1, 0.15) is 0 Å². The van der Waals surface area contributed by atoms with E-state index >= 15 is 0 Å². The van der Waals surface area contributed by atoms with Crippen molar-refractivity contribution in [1.29, 1.82) is 0 Å². The number of aromatic nitrogens is 1. The van der Waals surface area contributed by atoms with Gasteiger partial charge in [0.2, 0.25) is 0 Å². The predicted molar refractivity (Wildman–Crippen MR) is 94.8 cm³/mol. The van der Waals surface area contributed by atoms with Gasteiger partial charge < -0.3 is 4.23 Å². The van der Waals surface area contributed by atoms with Crippen molar-refractivity contribution in [2.24, 2.45) is 0 Å². The van der Waals surface area contributed by atoms with E-state index in [0.717, 1.165) is 5.56 Å². The minimum absolute atomic E-state index is 0.622. The van der Waals surface area contributed by atoms with E-state index in [1.165, 1.54) is 11.7 Å². The first kappa shape index (κ1) is 18.2. The van der Waals surface area contributed by atoms with Crippen LogP contribution in [0, 0.1) is 0 Å². The van der Waals surface area contributed by atoms with Crippen LogP contribution in [-0.4, -0.2) is 27.1 Å². The van der Waals surface area contributed by atoms with Crippen molar-refractivity contribution >= 4 is 24.1 Å². The molecule has 0 N–H and O–H groups in total. The molecule has 0 bridgehead atoms. The maximum atomic E-state index is 11.2. The van der Waals surface area contributed by atoms with E-state index in [9.17, 15) is 8.42 Å². The predicted octanol–water partition coefficient (Wildman–Crippen LogP) is 4.53. The van der Waals surface area contributed by atoms with E-state index in [1.807, 2.05) is 6.07 Å². The van der Waals surface area contributed by atoms with Gasteiger partial charge in [-0.1, -0.05) is 41.5 Å². The van der Waals surface area contributed by atoms with E-state index in [1.54, 1.807) is 6.08 Å². The summed E-state index contributed by atoms with van der Waals surface area (Å²) in [7, 11) is -4.80. The van der Waals surface area contributed by atoms with Crippen LogP contribution >= 0.6 is 0 Å². The minimum Gasteiger partial charge on any atom is -0.379 e. The van der Waals surface area contributed by atoms with Gasteiger partial charge in [0, 0.05) is 17.9 Å². The highest BCUT2D eigenvalue weighted by Crippen LogP contribution is 2.42. The van der Waals surface area contributed by atoms with Crippen molar-refractivity contribution in [3.8, 4) is 0 Å². The molecule has 0 atom stereocenters. The molecule has 0 unspecified atom stereocenters. The molecule has 0 aliphatic heterocycles. The fourth-order valence-electron chi connectivity index (χ4n) is 3.85. The molecule has 1 heterocycles. The molecule has 5 heteroatoms. The average Bonchev–Trinajstić information content (AvgIpc) is 2.73. The van der Waals surface area contributed by atoms with E-state index in [-0.39, 0.29) is 0 Å². The zero-order valence-corrected chi connectivity index (χ0v) is 16.1. The van der Waals surface area contributed by atoms with E-state index in [2.05, 4.69) is 58.2 Å². The van der Waals surface area contributed by atoms with E-state index < -0.39 is 18.1 Å². The van der Waals surface area contributed by atoms with Gasteiger partial charge in [-0.3, -0.25) is 0 Å². The van der Waals surface area contributed by atoms with Crippen molar-refractivity contribution in [2.75, 3.05) is 6.26 Å². The van der Waals surface area contributed by atoms with Crippen LogP contribution in [0.5, 0.6) is 0 Å². The van der Waals surface area contributed by atoms with Gasteiger partial charge in [-0.25, -0.2) is 8.42 Å². The van der Waals surface area contributed by atoms with Crippen LogP contribution in [0.1, 0.15) is 47.1 Å². The molecular formula is C16H29NO2SSi. The summed E-state index contributed by atoms with van der Waals surface area (Å²) in [5.74, 6) is 0. The lowest BCUT2D eigenvalue weighted by atomic mass is 10.3. The molecular weight excluding hydrogens is 298 g/mol. The van der Waals surface area contributed by atoms with Crippen LogP contribution in [0.3, 0.4) is 0 Å². The number of sulfone groups is 1. The molecule has 0 saturated carbocycles. The fraction of sp³-hybridized carbons (Fsp3) is 0.625. The second kappa shape index (κ2) is 6.52. The highest BCUT2D eigenvalue weighted by atomic mass is 32.2. The largest absolute Gasteiger partial charge is 0.379 e. The zero-order chi connectivity index (χ0) is 16.4. The van der Waals surface area contributed by atoms with Gasteiger partial charge in [-0.05, 0) is 40.5 Å². The molecule has 0 fully saturated rings. The lowest BCUT2D eigenvalue weighted by Gasteiger charge is -2.44. The van der Waals surface area contributed by atoms with Gasteiger partial charge >= 0.3 is 0 Å². The molecule has 0 spiro atoms. The molecule has 0 amide bonds. The summed E-state index contributed by atoms with van der Waals surface area (Å²) in [5, 5.41) is 1.27. The van der Waals surface area contributed by atoms with Crippen molar-refractivity contribution in [3.63, 3.8) is 0 Å². The number of hydrogen-bond donors (Lipinski definition) is 0. The molecule has 0 aromatic carbocycles. The molecule has 3 nitrogen and oxygen atoms in total. The Morgan fingerprint density at radius 3 is 1.90 bits per heavy atom. The van der Waals surface area contributed by atoms with Crippen LogP contribution in [-0.2, 0) is 9.84 Å². The highest BCUT2D eigenvalue weighted by molar-refractivity contribution is 7.93. The molecule has 0 radical (unpaired) electrons. The molecule has 1 aromatic rings. The Labute approximate surface area is 131 Å². The molecule has 0 saturated heterocycles. The fourth-order valence-corrected chi connectivity index (χ4v) is 10.7. The molecule has 0 aliphatic rings. The minimum atomic E-state index is -3.08. The third kappa shape index (κ3) is 3.89. The first-order chi connectivity index (χ1) is 9.51. The second-order valence-corrected chi connectivity index (χ2v) is 14.5. The Balaban J connectivity index is 3.30. The highest BCUT2D eigenvalue weighted by Gasteiger charge is 2.44. The van der Waals surface area contributed by atoms with Crippen LogP contribution in [0.2, 0.25) is 16.6 Å². The first-order valence-corrected chi connectivity index (χ1v) is 11.7. The van der Waals surface area contributed by atoms with Gasteiger partial charge in [-0.15, -0.1) is 0 Å². The quantitative estimate of drug-likeness (QED) is 0.720.